The SMILES string of the molecule is CCC=CC1(O)C=CC=CC1. The summed E-state index contributed by atoms with van der Waals surface area (Å²) in [7, 11) is 0. The molecule has 1 aliphatic carbocycles. The first kappa shape index (κ1) is 8.28. The Labute approximate surface area is 67.7 Å². The van der Waals surface area contributed by atoms with Crippen LogP contribution in [0.15, 0.2) is 36.5 Å². The zero-order valence-electron chi connectivity index (χ0n) is 6.83. The van der Waals surface area contributed by atoms with E-state index in [1.807, 2.05) is 36.5 Å². The monoisotopic (exact) mass is 150 g/mol. The van der Waals surface area contributed by atoms with Gasteiger partial charge < -0.3 is 5.11 Å². The molecule has 1 N–H and O–H groups in total. The molecular formula is C10H14O. The quantitative estimate of drug-likeness (QED) is 0.598. The number of rotatable bonds is 2. The third-order valence-corrected chi connectivity index (χ3v) is 1.72. The minimum absolute atomic E-state index is 0.694. The summed E-state index contributed by atoms with van der Waals surface area (Å²) < 4.78 is 0. The van der Waals surface area contributed by atoms with Crippen molar-refractivity contribution in [1.29, 1.82) is 0 Å². The van der Waals surface area contributed by atoms with Gasteiger partial charge in [0.25, 0.3) is 0 Å². The minimum atomic E-state index is -0.717. The highest BCUT2D eigenvalue weighted by Crippen LogP contribution is 2.18. The Bertz CT molecular complexity index is 201. The van der Waals surface area contributed by atoms with Crippen molar-refractivity contribution in [3.63, 3.8) is 0 Å². The van der Waals surface area contributed by atoms with Gasteiger partial charge in [-0.3, -0.25) is 0 Å². The van der Waals surface area contributed by atoms with Gasteiger partial charge >= 0.3 is 0 Å². The van der Waals surface area contributed by atoms with Crippen molar-refractivity contribution in [2.45, 2.75) is 25.4 Å². The predicted octanol–water partition coefficient (Wildman–Crippen LogP) is 2.20. The van der Waals surface area contributed by atoms with E-state index in [0.717, 1.165) is 6.42 Å². The number of aliphatic hydroxyl groups is 1. The maximum absolute atomic E-state index is 9.78. The van der Waals surface area contributed by atoms with Gasteiger partial charge in [-0.2, -0.15) is 0 Å². The van der Waals surface area contributed by atoms with Crippen LogP contribution >= 0.6 is 0 Å². The van der Waals surface area contributed by atoms with Gasteiger partial charge in [-0.25, -0.2) is 0 Å². The van der Waals surface area contributed by atoms with Crippen LogP contribution in [0.1, 0.15) is 19.8 Å². The molecule has 1 nitrogen and oxygen atoms in total. The molecule has 0 aromatic rings. The summed E-state index contributed by atoms with van der Waals surface area (Å²) in [5.74, 6) is 0. The van der Waals surface area contributed by atoms with Crippen LogP contribution in [0, 0.1) is 0 Å². The highest BCUT2D eigenvalue weighted by Gasteiger charge is 2.18. The van der Waals surface area contributed by atoms with Crippen molar-refractivity contribution in [2.24, 2.45) is 0 Å². The van der Waals surface area contributed by atoms with Gasteiger partial charge in [-0.05, 0) is 12.5 Å². The number of hydrogen-bond acceptors (Lipinski definition) is 1. The van der Waals surface area contributed by atoms with Crippen LogP contribution in [0.5, 0.6) is 0 Å². The average Bonchev–Trinajstić information content (AvgIpc) is 2.03. The molecule has 1 heteroatoms. The van der Waals surface area contributed by atoms with E-state index in [2.05, 4.69) is 6.92 Å². The molecule has 11 heavy (non-hydrogen) atoms. The van der Waals surface area contributed by atoms with E-state index in [0.29, 0.717) is 6.42 Å². The number of allylic oxidation sites excluding steroid dienone is 3. The van der Waals surface area contributed by atoms with E-state index in [1.165, 1.54) is 0 Å². The molecule has 0 radical (unpaired) electrons. The van der Waals surface area contributed by atoms with Crippen molar-refractivity contribution in [3.05, 3.63) is 36.5 Å². The first-order chi connectivity index (χ1) is 5.27. The lowest BCUT2D eigenvalue weighted by atomic mass is 9.95. The molecule has 0 aromatic heterocycles. The van der Waals surface area contributed by atoms with E-state index in [9.17, 15) is 5.11 Å². The van der Waals surface area contributed by atoms with E-state index >= 15 is 0 Å². The molecule has 60 valence electrons. The van der Waals surface area contributed by atoms with Gasteiger partial charge in [-0.15, -0.1) is 0 Å². The molecule has 0 bridgehead atoms. The third kappa shape index (κ3) is 2.35. The highest BCUT2D eigenvalue weighted by atomic mass is 16.3. The zero-order chi connectivity index (χ0) is 8.16. The first-order valence-corrected chi connectivity index (χ1v) is 4.01. The molecule has 0 spiro atoms. The minimum Gasteiger partial charge on any atom is -0.381 e. The van der Waals surface area contributed by atoms with Crippen LogP contribution in [0.3, 0.4) is 0 Å². The lowest BCUT2D eigenvalue weighted by Crippen LogP contribution is -2.22. The summed E-state index contributed by atoms with van der Waals surface area (Å²) in [6, 6.07) is 0. The highest BCUT2D eigenvalue weighted by molar-refractivity contribution is 5.24. The van der Waals surface area contributed by atoms with Crippen molar-refractivity contribution in [3.8, 4) is 0 Å². The van der Waals surface area contributed by atoms with Crippen molar-refractivity contribution < 1.29 is 5.11 Å². The summed E-state index contributed by atoms with van der Waals surface area (Å²) in [6.45, 7) is 2.06. The fourth-order valence-corrected chi connectivity index (χ4v) is 1.07. The van der Waals surface area contributed by atoms with E-state index in [1.54, 1.807) is 0 Å². The van der Waals surface area contributed by atoms with E-state index in [-0.39, 0.29) is 0 Å². The molecule has 0 aromatic carbocycles. The van der Waals surface area contributed by atoms with Gasteiger partial charge in [-0.1, -0.05) is 37.3 Å². The molecule has 0 saturated carbocycles. The molecule has 0 amide bonds. The van der Waals surface area contributed by atoms with Crippen molar-refractivity contribution in [2.75, 3.05) is 0 Å². The van der Waals surface area contributed by atoms with Crippen molar-refractivity contribution >= 4 is 0 Å². The van der Waals surface area contributed by atoms with Gasteiger partial charge in [0.05, 0.1) is 0 Å². The first-order valence-electron chi connectivity index (χ1n) is 4.01. The smallest absolute Gasteiger partial charge is 0.105 e. The topological polar surface area (TPSA) is 20.2 Å². The van der Waals surface area contributed by atoms with Crippen LogP contribution in [0.4, 0.5) is 0 Å². The fourth-order valence-electron chi connectivity index (χ4n) is 1.07. The lowest BCUT2D eigenvalue weighted by Gasteiger charge is -2.20. The molecule has 0 saturated heterocycles. The van der Waals surface area contributed by atoms with Gasteiger partial charge in [0.2, 0.25) is 0 Å². The second kappa shape index (κ2) is 3.54. The van der Waals surface area contributed by atoms with Crippen molar-refractivity contribution in [1.82, 2.24) is 0 Å². The summed E-state index contributed by atoms with van der Waals surface area (Å²) in [5, 5.41) is 9.78. The second-order valence-corrected chi connectivity index (χ2v) is 2.79. The molecule has 1 unspecified atom stereocenters. The summed E-state index contributed by atoms with van der Waals surface area (Å²) in [6.07, 6.45) is 13.1. The normalized spacial score (nSPS) is 30.0. The van der Waals surface area contributed by atoms with Crippen LogP contribution in [0.25, 0.3) is 0 Å². The Kier molecular flexibility index (Phi) is 2.66. The Morgan fingerprint density at radius 2 is 2.36 bits per heavy atom. The molecular weight excluding hydrogens is 136 g/mol. The van der Waals surface area contributed by atoms with Crippen LogP contribution < -0.4 is 0 Å². The fraction of sp³-hybridized carbons (Fsp3) is 0.400. The maximum Gasteiger partial charge on any atom is 0.105 e. The summed E-state index contributed by atoms with van der Waals surface area (Å²) >= 11 is 0. The molecule has 1 atom stereocenters. The zero-order valence-corrected chi connectivity index (χ0v) is 6.83. The standard InChI is InChI=1S/C10H14O/c1-2-3-7-10(11)8-5-4-6-9-10/h3-8,11H,2,9H2,1H3. The average molecular weight is 150 g/mol. The lowest BCUT2D eigenvalue weighted by molar-refractivity contribution is 0.144. The molecule has 0 heterocycles. The predicted molar refractivity (Wildman–Crippen MR) is 47.3 cm³/mol. The van der Waals surface area contributed by atoms with E-state index in [4.69, 9.17) is 0 Å². The number of hydrogen-bond donors (Lipinski definition) is 1. The largest absolute Gasteiger partial charge is 0.381 e. The van der Waals surface area contributed by atoms with Gasteiger partial charge in [0.15, 0.2) is 0 Å². The Morgan fingerprint density at radius 3 is 2.91 bits per heavy atom. The third-order valence-electron chi connectivity index (χ3n) is 1.72. The summed E-state index contributed by atoms with van der Waals surface area (Å²) in [4.78, 5) is 0. The maximum atomic E-state index is 9.78. The Hall–Kier alpha value is -0.820. The molecule has 1 rings (SSSR count). The Morgan fingerprint density at radius 1 is 1.55 bits per heavy atom. The molecule has 1 aliphatic rings. The van der Waals surface area contributed by atoms with Gasteiger partial charge in [0, 0.05) is 6.42 Å². The van der Waals surface area contributed by atoms with Crippen LogP contribution in [-0.4, -0.2) is 10.7 Å². The molecule has 0 aliphatic heterocycles. The second-order valence-electron chi connectivity index (χ2n) is 2.79. The van der Waals surface area contributed by atoms with Crippen LogP contribution in [-0.2, 0) is 0 Å². The molecule has 0 fully saturated rings. The summed E-state index contributed by atoms with van der Waals surface area (Å²) in [5.41, 5.74) is -0.717. The van der Waals surface area contributed by atoms with Crippen LogP contribution in [0.2, 0.25) is 0 Å². The Balaban J connectivity index is 2.60. The van der Waals surface area contributed by atoms with Gasteiger partial charge in [0.1, 0.15) is 5.60 Å². The van der Waals surface area contributed by atoms with E-state index < -0.39 is 5.60 Å².